The monoisotopic (exact) mass is 496 g/mol. The molecular formula is C23H44O11. The summed E-state index contributed by atoms with van der Waals surface area (Å²) in [4.78, 5) is 0. The minimum Gasteiger partial charge on any atom is -0.394 e. The number of aliphatic hydroxyl groups is 7. The maximum Gasteiger partial charge on any atom is 0.187 e. The van der Waals surface area contributed by atoms with Gasteiger partial charge in [0, 0.05) is 6.61 Å². The van der Waals surface area contributed by atoms with Gasteiger partial charge in [-0.05, 0) is 6.42 Å². The van der Waals surface area contributed by atoms with E-state index in [4.69, 9.17) is 18.9 Å². The highest BCUT2D eigenvalue weighted by atomic mass is 16.7. The van der Waals surface area contributed by atoms with E-state index < -0.39 is 74.6 Å². The lowest BCUT2D eigenvalue weighted by Crippen LogP contribution is -2.64. The zero-order chi connectivity index (χ0) is 25.1. The van der Waals surface area contributed by atoms with Crippen molar-refractivity contribution in [3.8, 4) is 0 Å². The van der Waals surface area contributed by atoms with Gasteiger partial charge in [-0.3, -0.25) is 0 Å². The summed E-state index contributed by atoms with van der Waals surface area (Å²) >= 11 is 0. The average Bonchev–Trinajstić information content (AvgIpc) is 2.84. The Morgan fingerprint density at radius 3 is 1.71 bits per heavy atom. The molecule has 0 radical (unpaired) electrons. The van der Waals surface area contributed by atoms with Crippen molar-refractivity contribution in [1.29, 1.82) is 0 Å². The highest BCUT2D eigenvalue weighted by Gasteiger charge is 2.50. The van der Waals surface area contributed by atoms with Crippen molar-refractivity contribution >= 4 is 0 Å². The van der Waals surface area contributed by atoms with Crippen LogP contribution >= 0.6 is 0 Å². The zero-order valence-electron chi connectivity index (χ0n) is 20.0. The van der Waals surface area contributed by atoms with Gasteiger partial charge in [-0.15, -0.1) is 0 Å². The van der Waals surface area contributed by atoms with Crippen LogP contribution in [0.25, 0.3) is 0 Å². The highest BCUT2D eigenvalue weighted by Crippen LogP contribution is 2.29. The van der Waals surface area contributed by atoms with Crippen molar-refractivity contribution in [2.75, 3.05) is 19.8 Å². The van der Waals surface area contributed by atoms with Gasteiger partial charge in [-0.25, -0.2) is 0 Å². The van der Waals surface area contributed by atoms with Crippen LogP contribution in [0.4, 0.5) is 0 Å². The summed E-state index contributed by atoms with van der Waals surface area (Å²) < 4.78 is 22.0. The van der Waals surface area contributed by atoms with Gasteiger partial charge in [0.05, 0.1) is 13.2 Å². The van der Waals surface area contributed by atoms with Crippen LogP contribution in [0.2, 0.25) is 0 Å². The van der Waals surface area contributed by atoms with E-state index in [0.717, 1.165) is 19.3 Å². The Morgan fingerprint density at radius 2 is 1.12 bits per heavy atom. The molecule has 0 aromatic carbocycles. The van der Waals surface area contributed by atoms with Crippen molar-refractivity contribution in [2.45, 2.75) is 126 Å². The topological polar surface area (TPSA) is 179 Å². The molecule has 11 nitrogen and oxygen atoms in total. The Hall–Kier alpha value is -0.440. The van der Waals surface area contributed by atoms with Gasteiger partial charge in [0.25, 0.3) is 0 Å². The summed E-state index contributed by atoms with van der Waals surface area (Å²) in [6, 6.07) is 0. The van der Waals surface area contributed by atoms with Crippen LogP contribution in [0.3, 0.4) is 0 Å². The normalized spacial score (nSPS) is 38.8. The molecule has 34 heavy (non-hydrogen) atoms. The largest absolute Gasteiger partial charge is 0.394 e. The molecule has 10 atom stereocenters. The van der Waals surface area contributed by atoms with Crippen molar-refractivity contribution < 1.29 is 54.7 Å². The second-order valence-electron chi connectivity index (χ2n) is 9.20. The van der Waals surface area contributed by atoms with Gasteiger partial charge in [-0.2, -0.15) is 0 Å². The van der Waals surface area contributed by atoms with Crippen LogP contribution in [-0.4, -0.2) is 117 Å². The maximum atomic E-state index is 10.6. The van der Waals surface area contributed by atoms with E-state index >= 15 is 0 Å². The fraction of sp³-hybridized carbons (Fsp3) is 1.00. The molecular weight excluding hydrogens is 452 g/mol. The summed E-state index contributed by atoms with van der Waals surface area (Å²) in [7, 11) is 0. The van der Waals surface area contributed by atoms with E-state index in [2.05, 4.69) is 6.92 Å². The van der Waals surface area contributed by atoms with Crippen molar-refractivity contribution in [1.82, 2.24) is 0 Å². The van der Waals surface area contributed by atoms with Crippen LogP contribution in [-0.2, 0) is 18.9 Å². The van der Waals surface area contributed by atoms with Crippen LogP contribution < -0.4 is 0 Å². The molecule has 0 spiro atoms. The summed E-state index contributed by atoms with van der Waals surface area (Å²) in [6.07, 6.45) is -3.99. The lowest BCUT2D eigenvalue weighted by molar-refractivity contribution is -0.359. The molecule has 0 aliphatic carbocycles. The Bertz CT molecular complexity index is 535. The third-order valence-corrected chi connectivity index (χ3v) is 6.49. The first kappa shape index (κ1) is 29.8. The first-order valence-electron chi connectivity index (χ1n) is 12.6. The molecule has 2 aliphatic heterocycles. The number of hydrogen-bond donors (Lipinski definition) is 7. The third kappa shape index (κ3) is 8.31. The smallest absolute Gasteiger partial charge is 0.187 e. The molecule has 0 amide bonds. The van der Waals surface area contributed by atoms with Gasteiger partial charge in [-0.1, -0.05) is 58.3 Å². The second-order valence-corrected chi connectivity index (χ2v) is 9.20. The van der Waals surface area contributed by atoms with Crippen molar-refractivity contribution in [3.05, 3.63) is 0 Å². The van der Waals surface area contributed by atoms with Gasteiger partial charge in [0.15, 0.2) is 12.6 Å². The summed E-state index contributed by atoms with van der Waals surface area (Å²) in [6.45, 7) is 1.29. The lowest BCUT2D eigenvalue weighted by Gasteiger charge is -2.45. The molecule has 0 saturated carbocycles. The Morgan fingerprint density at radius 1 is 0.588 bits per heavy atom. The summed E-state index contributed by atoms with van der Waals surface area (Å²) in [5.74, 6) is 0. The first-order valence-corrected chi connectivity index (χ1v) is 12.6. The third-order valence-electron chi connectivity index (χ3n) is 6.49. The SMILES string of the molecule is CCCCCCCCCCCOC1OC(CO)C(OC2OC(CO)C(O)C(O)C2O)C(O)C1O. The fourth-order valence-corrected chi connectivity index (χ4v) is 4.31. The van der Waals surface area contributed by atoms with E-state index in [9.17, 15) is 35.7 Å². The Kier molecular flexibility index (Phi) is 13.7. The van der Waals surface area contributed by atoms with Gasteiger partial charge < -0.3 is 54.7 Å². The standard InChI is InChI=1S/C23H44O11/c1-2-3-4-5-6-7-8-9-10-11-31-22-20(30)18(28)21(15(13-25)33-22)34-23-19(29)17(27)16(26)14(12-24)32-23/h14-30H,2-13H2,1H3. The molecule has 2 rings (SSSR count). The number of rotatable bonds is 15. The molecule has 11 heteroatoms. The fourth-order valence-electron chi connectivity index (χ4n) is 4.31. The lowest BCUT2D eigenvalue weighted by atomic mass is 9.97. The van der Waals surface area contributed by atoms with E-state index in [1.165, 1.54) is 38.5 Å². The van der Waals surface area contributed by atoms with Gasteiger partial charge in [0.1, 0.15) is 48.8 Å². The molecule has 202 valence electrons. The second kappa shape index (κ2) is 15.6. The van der Waals surface area contributed by atoms with Crippen LogP contribution in [0, 0.1) is 0 Å². The predicted molar refractivity (Wildman–Crippen MR) is 120 cm³/mol. The van der Waals surface area contributed by atoms with Crippen molar-refractivity contribution in [3.63, 3.8) is 0 Å². The molecule has 10 unspecified atom stereocenters. The molecule has 2 aliphatic rings. The highest BCUT2D eigenvalue weighted by molar-refractivity contribution is 4.94. The van der Waals surface area contributed by atoms with E-state index in [1.807, 2.05) is 0 Å². The maximum absolute atomic E-state index is 10.6. The van der Waals surface area contributed by atoms with E-state index in [0.29, 0.717) is 6.61 Å². The average molecular weight is 497 g/mol. The van der Waals surface area contributed by atoms with E-state index in [1.54, 1.807) is 0 Å². The minimum absolute atomic E-state index is 0.320. The first-order chi connectivity index (χ1) is 16.3. The summed E-state index contributed by atoms with van der Waals surface area (Å²) in [5, 5.41) is 70.0. The minimum atomic E-state index is -1.69. The van der Waals surface area contributed by atoms with Crippen LogP contribution in [0.5, 0.6) is 0 Å². The predicted octanol–water partition coefficient (Wildman–Crippen LogP) is -0.842. The zero-order valence-corrected chi connectivity index (χ0v) is 20.0. The Labute approximate surface area is 201 Å². The molecule has 2 fully saturated rings. The molecule has 2 heterocycles. The van der Waals surface area contributed by atoms with Gasteiger partial charge in [0.2, 0.25) is 0 Å². The number of aliphatic hydroxyl groups excluding tert-OH is 7. The molecule has 0 aromatic heterocycles. The van der Waals surface area contributed by atoms with Crippen LogP contribution in [0.1, 0.15) is 64.7 Å². The molecule has 7 N–H and O–H groups in total. The molecule has 2 saturated heterocycles. The van der Waals surface area contributed by atoms with Crippen LogP contribution in [0.15, 0.2) is 0 Å². The van der Waals surface area contributed by atoms with Crippen molar-refractivity contribution in [2.24, 2.45) is 0 Å². The number of unbranched alkanes of at least 4 members (excludes halogenated alkanes) is 8. The Balaban J connectivity index is 1.78. The number of ether oxygens (including phenoxy) is 4. The quantitative estimate of drug-likeness (QED) is 0.141. The summed E-state index contributed by atoms with van der Waals surface area (Å²) in [5.41, 5.74) is 0. The number of hydrogen-bond acceptors (Lipinski definition) is 11. The van der Waals surface area contributed by atoms with E-state index in [-0.39, 0.29) is 0 Å². The van der Waals surface area contributed by atoms with Gasteiger partial charge >= 0.3 is 0 Å². The molecule has 0 aromatic rings. The molecule has 0 bridgehead atoms.